The third-order valence-corrected chi connectivity index (χ3v) is 1.28. The van der Waals surface area contributed by atoms with Gasteiger partial charge >= 0.3 is 0 Å². The van der Waals surface area contributed by atoms with Crippen molar-refractivity contribution in [3.8, 4) is 5.75 Å². The van der Waals surface area contributed by atoms with E-state index in [2.05, 4.69) is 5.73 Å². The molecule has 0 atom stereocenters. The van der Waals surface area contributed by atoms with E-state index in [9.17, 15) is 9.90 Å². The second-order valence-corrected chi connectivity index (χ2v) is 2.72. The first-order valence-electron chi connectivity index (χ1n) is 4.37. The van der Waals surface area contributed by atoms with E-state index in [4.69, 9.17) is 5.11 Å². The Kier molecular flexibility index (Phi) is 6.15. The van der Waals surface area contributed by atoms with Crippen molar-refractivity contribution in [2.75, 3.05) is 6.54 Å². The van der Waals surface area contributed by atoms with Gasteiger partial charge in [0.1, 0.15) is 5.75 Å². The first kappa shape index (κ1) is 12.4. The zero-order valence-electron chi connectivity index (χ0n) is 8.19. The molecule has 4 nitrogen and oxygen atoms in total. The van der Waals surface area contributed by atoms with Gasteiger partial charge in [-0.05, 0) is 24.6 Å². The lowest BCUT2D eigenvalue weighted by Gasteiger charge is -2.01. The van der Waals surface area contributed by atoms with Crippen molar-refractivity contribution < 1.29 is 20.7 Å². The monoisotopic (exact) mass is 197 g/mol. The van der Waals surface area contributed by atoms with E-state index in [0.717, 1.165) is 6.54 Å². The highest BCUT2D eigenvalue weighted by Gasteiger charge is 1.92. The van der Waals surface area contributed by atoms with Crippen LogP contribution in [0.5, 0.6) is 5.75 Å². The summed E-state index contributed by atoms with van der Waals surface area (Å²) in [4.78, 5) is 10.1. The van der Waals surface area contributed by atoms with Crippen LogP contribution < -0.4 is 10.8 Å². The van der Waals surface area contributed by atoms with Crippen molar-refractivity contribution in [2.24, 2.45) is 0 Å². The number of aromatic hydroxyl groups is 1. The third-order valence-electron chi connectivity index (χ3n) is 1.28. The largest absolute Gasteiger partial charge is 0.550 e. The van der Waals surface area contributed by atoms with E-state index in [0.29, 0.717) is 5.56 Å². The highest BCUT2D eigenvalue weighted by atomic mass is 16.4. The van der Waals surface area contributed by atoms with Gasteiger partial charge in [-0.3, -0.25) is 0 Å². The molecule has 1 aromatic carbocycles. The maximum absolute atomic E-state index is 10.1. The van der Waals surface area contributed by atoms with Crippen molar-refractivity contribution >= 4 is 5.97 Å². The standard InChI is InChI=1S/C8H8O3.C2H7N/c9-7-3-1-6(2-4-7)5-8(10)11;1-2-3/h1-4,9H,5H2,(H,10,11);2-3H2,1H3. The number of carboxylic acid groups (broad SMARTS) is 1. The molecule has 4 heteroatoms. The summed E-state index contributed by atoms with van der Waals surface area (Å²) in [6.07, 6.45) is -0.111. The van der Waals surface area contributed by atoms with E-state index in [1.54, 1.807) is 12.1 Å². The average Bonchev–Trinajstić information content (AvgIpc) is 2.09. The number of carbonyl (C=O) groups is 1. The number of carbonyl (C=O) groups excluding carboxylic acids is 1. The predicted octanol–water partition coefficient (Wildman–Crippen LogP) is -1.07. The van der Waals surface area contributed by atoms with Crippen LogP contribution in [0.2, 0.25) is 0 Å². The predicted molar refractivity (Wildman–Crippen MR) is 50.2 cm³/mol. The molecule has 14 heavy (non-hydrogen) atoms. The molecular weight excluding hydrogens is 182 g/mol. The number of aliphatic carboxylic acids is 1. The van der Waals surface area contributed by atoms with Crippen LogP contribution in [0.3, 0.4) is 0 Å². The smallest absolute Gasteiger partial charge is 0.115 e. The fourth-order valence-corrected chi connectivity index (χ4v) is 0.780. The summed E-state index contributed by atoms with van der Waals surface area (Å²) in [6.45, 7) is 3.01. The lowest BCUT2D eigenvalue weighted by Crippen LogP contribution is -2.48. The summed E-state index contributed by atoms with van der Waals surface area (Å²) in [5.41, 5.74) is 4.11. The van der Waals surface area contributed by atoms with E-state index in [1.165, 1.54) is 12.1 Å². The van der Waals surface area contributed by atoms with Crippen molar-refractivity contribution in [3.63, 3.8) is 0 Å². The zero-order valence-corrected chi connectivity index (χ0v) is 8.19. The summed E-state index contributed by atoms with van der Waals surface area (Å²) < 4.78 is 0. The number of phenols is 1. The molecule has 0 amide bonds. The van der Waals surface area contributed by atoms with Gasteiger partial charge in [0, 0.05) is 12.4 Å². The lowest BCUT2D eigenvalue weighted by atomic mass is 10.1. The lowest BCUT2D eigenvalue weighted by molar-refractivity contribution is -0.361. The quantitative estimate of drug-likeness (QED) is 0.633. The summed E-state index contributed by atoms with van der Waals surface area (Å²) >= 11 is 0. The molecule has 1 rings (SSSR count). The van der Waals surface area contributed by atoms with Crippen molar-refractivity contribution in [1.82, 2.24) is 0 Å². The summed E-state index contributed by atoms with van der Waals surface area (Å²) in [6, 6.07) is 5.98. The van der Waals surface area contributed by atoms with Gasteiger partial charge in [0.2, 0.25) is 0 Å². The second kappa shape index (κ2) is 6.91. The van der Waals surface area contributed by atoms with Crippen LogP contribution >= 0.6 is 0 Å². The van der Waals surface area contributed by atoms with Crippen LogP contribution in [-0.4, -0.2) is 17.6 Å². The van der Waals surface area contributed by atoms with Gasteiger partial charge < -0.3 is 20.7 Å². The molecule has 0 saturated heterocycles. The molecule has 0 aliphatic heterocycles. The van der Waals surface area contributed by atoms with Gasteiger partial charge in [0.05, 0.1) is 6.54 Å². The molecule has 0 aromatic heterocycles. The normalized spacial score (nSPS) is 8.71. The van der Waals surface area contributed by atoms with E-state index < -0.39 is 5.97 Å². The van der Waals surface area contributed by atoms with Gasteiger partial charge in [0.25, 0.3) is 0 Å². The molecule has 78 valence electrons. The molecule has 0 saturated carbocycles. The topological polar surface area (TPSA) is 88.0 Å². The van der Waals surface area contributed by atoms with Gasteiger partial charge in [-0.1, -0.05) is 12.1 Å². The van der Waals surface area contributed by atoms with Crippen LogP contribution in [-0.2, 0) is 11.2 Å². The minimum atomic E-state index is -1.12. The van der Waals surface area contributed by atoms with Crippen molar-refractivity contribution in [1.29, 1.82) is 0 Å². The number of carboxylic acids is 1. The Balaban J connectivity index is 0.000000500. The molecule has 0 radical (unpaired) electrons. The molecule has 0 fully saturated rings. The number of hydrogen-bond donors (Lipinski definition) is 2. The van der Waals surface area contributed by atoms with Gasteiger partial charge in [-0.25, -0.2) is 0 Å². The van der Waals surface area contributed by atoms with Gasteiger partial charge in [-0.15, -0.1) is 0 Å². The number of rotatable bonds is 2. The number of quaternary nitrogens is 1. The van der Waals surface area contributed by atoms with E-state index in [-0.39, 0.29) is 12.2 Å². The summed E-state index contributed by atoms with van der Waals surface area (Å²) in [5, 5.41) is 18.9. The molecule has 0 aliphatic rings. The van der Waals surface area contributed by atoms with E-state index >= 15 is 0 Å². The van der Waals surface area contributed by atoms with Crippen molar-refractivity contribution in [2.45, 2.75) is 13.3 Å². The summed E-state index contributed by atoms with van der Waals surface area (Å²) in [7, 11) is 0. The summed E-state index contributed by atoms with van der Waals surface area (Å²) in [5.74, 6) is -0.984. The minimum absolute atomic E-state index is 0.111. The minimum Gasteiger partial charge on any atom is -0.550 e. The molecule has 0 heterocycles. The molecule has 0 bridgehead atoms. The van der Waals surface area contributed by atoms with Crippen LogP contribution in [0.25, 0.3) is 0 Å². The Morgan fingerprint density at radius 3 is 2.21 bits per heavy atom. The second-order valence-electron chi connectivity index (χ2n) is 2.72. The number of hydrogen-bond acceptors (Lipinski definition) is 3. The van der Waals surface area contributed by atoms with Crippen LogP contribution in [0.1, 0.15) is 12.5 Å². The van der Waals surface area contributed by atoms with Gasteiger partial charge in [-0.2, -0.15) is 0 Å². The molecule has 1 aromatic rings. The number of phenolic OH excluding ortho intramolecular Hbond substituents is 1. The van der Waals surface area contributed by atoms with Crippen molar-refractivity contribution in [3.05, 3.63) is 29.8 Å². The fraction of sp³-hybridized carbons (Fsp3) is 0.300. The first-order chi connectivity index (χ1) is 6.60. The molecule has 0 unspecified atom stereocenters. The third kappa shape index (κ3) is 6.02. The van der Waals surface area contributed by atoms with Crippen LogP contribution in [0, 0.1) is 0 Å². The Labute approximate surface area is 83.0 Å². The maximum Gasteiger partial charge on any atom is 0.115 e. The Bertz CT molecular complexity index is 269. The zero-order chi connectivity index (χ0) is 11.0. The highest BCUT2D eigenvalue weighted by molar-refractivity contribution is 5.67. The highest BCUT2D eigenvalue weighted by Crippen LogP contribution is 2.09. The molecule has 0 aliphatic carbocycles. The molecular formula is C10H15NO3. The SMILES string of the molecule is CC[NH3+].O=C([O-])Cc1ccc(O)cc1. The number of benzene rings is 1. The Hall–Kier alpha value is -1.55. The Morgan fingerprint density at radius 2 is 1.86 bits per heavy atom. The average molecular weight is 197 g/mol. The van der Waals surface area contributed by atoms with Crippen LogP contribution in [0.4, 0.5) is 0 Å². The van der Waals surface area contributed by atoms with E-state index in [1.807, 2.05) is 6.92 Å². The maximum atomic E-state index is 10.1. The molecule has 0 spiro atoms. The first-order valence-corrected chi connectivity index (χ1v) is 4.37. The van der Waals surface area contributed by atoms with Gasteiger partial charge in [0.15, 0.2) is 0 Å². The molecule has 4 N–H and O–H groups in total. The Morgan fingerprint density at radius 1 is 1.43 bits per heavy atom. The fourth-order valence-electron chi connectivity index (χ4n) is 0.780. The van der Waals surface area contributed by atoms with Crippen LogP contribution in [0.15, 0.2) is 24.3 Å².